The molecule has 5 rings (SSSR count). The molecule has 3 heterocycles. The Hall–Kier alpha value is -2.61. The molecule has 0 unspecified atom stereocenters. The first-order valence-electron chi connectivity index (χ1n) is 10.3. The van der Waals surface area contributed by atoms with Gasteiger partial charge in [-0.25, -0.2) is 4.98 Å². The van der Waals surface area contributed by atoms with Crippen molar-refractivity contribution in [2.75, 3.05) is 13.1 Å². The first kappa shape index (κ1) is 20.3. The smallest absolute Gasteiger partial charge is 0.205 e. The maximum Gasteiger partial charge on any atom is 0.205 e. The predicted octanol–water partition coefficient (Wildman–Crippen LogP) is 5.46. The number of oxazole rings is 1. The summed E-state index contributed by atoms with van der Waals surface area (Å²) >= 11 is 7.67. The molecule has 158 valence electrons. The highest BCUT2D eigenvalue weighted by Crippen LogP contribution is 2.29. The van der Waals surface area contributed by atoms with E-state index in [0.717, 1.165) is 41.9 Å². The van der Waals surface area contributed by atoms with Crippen LogP contribution in [-0.4, -0.2) is 37.7 Å². The summed E-state index contributed by atoms with van der Waals surface area (Å²) in [5.41, 5.74) is 1.98. The third-order valence-corrected chi connectivity index (χ3v) is 6.41. The summed E-state index contributed by atoms with van der Waals surface area (Å²) in [7, 11) is 0. The molecule has 0 radical (unpaired) electrons. The molecular formula is C23H22ClN5OS. The summed E-state index contributed by atoms with van der Waals surface area (Å²) in [6, 6.07) is 17.8. The largest absolute Gasteiger partial charge is 0.440 e. The Labute approximate surface area is 190 Å². The van der Waals surface area contributed by atoms with Crippen LogP contribution in [0.3, 0.4) is 0 Å². The lowest BCUT2D eigenvalue weighted by Gasteiger charge is -2.15. The molecule has 0 saturated carbocycles. The van der Waals surface area contributed by atoms with Crippen molar-refractivity contribution in [3.63, 3.8) is 0 Å². The second kappa shape index (κ2) is 9.26. The lowest BCUT2D eigenvalue weighted by atomic mass is 10.2. The second-order valence-electron chi connectivity index (χ2n) is 7.47. The zero-order valence-corrected chi connectivity index (χ0v) is 18.5. The van der Waals surface area contributed by atoms with E-state index in [1.807, 2.05) is 42.5 Å². The summed E-state index contributed by atoms with van der Waals surface area (Å²) < 4.78 is 8.09. The van der Waals surface area contributed by atoms with Gasteiger partial charge in [0.05, 0.1) is 18.5 Å². The van der Waals surface area contributed by atoms with Crippen LogP contribution in [0.25, 0.3) is 17.0 Å². The molecule has 4 aromatic rings. The fourth-order valence-corrected chi connectivity index (χ4v) is 4.77. The first-order valence-corrected chi connectivity index (χ1v) is 11.7. The van der Waals surface area contributed by atoms with Crippen molar-refractivity contribution in [1.82, 2.24) is 24.6 Å². The molecule has 1 saturated heterocycles. The van der Waals surface area contributed by atoms with Crippen molar-refractivity contribution in [2.24, 2.45) is 0 Å². The fourth-order valence-electron chi connectivity index (χ4n) is 3.75. The minimum atomic E-state index is 0.565. The number of benzene rings is 2. The van der Waals surface area contributed by atoms with Crippen molar-refractivity contribution >= 4 is 23.4 Å². The minimum Gasteiger partial charge on any atom is -0.440 e. The highest BCUT2D eigenvalue weighted by molar-refractivity contribution is 7.98. The predicted molar refractivity (Wildman–Crippen MR) is 122 cm³/mol. The zero-order valence-electron chi connectivity index (χ0n) is 16.9. The van der Waals surface area contributed by atoms with Crippen LogP contribution in [0.1, 0.15) is 24.6 Å². The third kappa shape index (κ3) is 4.69. The van der Waals surface area contributed by atoms with E-state index in [9.17, 15) is 0 Å². The summed E-state index contributed by atoms with van der Waals surface area (Å²) in [5, 5.41) is 10.5. The maximum absolute atomic E-state index is 6.09. The van der Waals surface area contributed by atoms with Gasteiger partial charge in [-0.1, -0.05) is 53.7 Å². The first-order chi connectivity index (χ1) is 15.3. The minimum absolute atomic E-state index is 0.565. The van der Waals surface area contributed by atoms with E-state index in [0.29, 0.717) is 22.4 Å². The van der Waals surface area contributed by atoms with Crippen LogP contribution in [0.4, 0.5) is 0 Å². The second-order valence-corrected chi connectivity index (χ2v) is 8.85. The van der Waals surface area contributed by atoms with Gasteiger partial charge in [-0.3, -0.25) is 9.47 Å². The molecule has 2 aromatic carbocycles. The normalized spacial score (nSPS) is 14.4. The van der Waals surface area contributed by atoms with Crippen molar-refractivity contribution < 1.29 is 4.42 Å². The van der Waals surface area contributed by atoms with E-state index in [1.165, 1.54) is 12.8 Å². The molecule has 0 aliphatic carbocycles. The average Bonchev–Trinajstić information content (AvgIpc) is 3.55. The molecule has 0 spiro atoms. The fraction of sp³-hybridized carbons (Fsp3) is 0.261. The Morgan fingerprint density at radius 2 is 1.84 bits per heavy atom. The van der Waals surface area contributed by atoms with Crippen LogP contribution >= 0.6 is 23.4 Å². The lowest BCUT2D eigenvalue weighted by Crippen LogP contribution is -2.21. The lowest BCUT2D eigenvalue weighted by molar-refractivity contribution is 0.319. The van der Waals surface area contributed by atoms with Crippen LogP contribution in [0.2, 0.25) is 5.02 Å². The number of hydrogen-bond donors (Lipinski definition) is 0. The third-order valence-electron chi connectivity index (χ3n) is 5.27. The van der Waals surface area contributed by atoms with E-state index < -0.39 is 0 Å². The van der Waals surface area contributed by atoms with Gasteiger partial charge >= 0.3 is 0 Å². The highest BCUT2D eigenvalue weighted by Gasteiger charge is 2.20. The van der Waals surface area contributed by atoms with E-state index in [2.05, 4.69) is 36.8 Å². The molecule has 0 amide bonds. The number of nitrogens with zero attached hydrogens (tertiary/aromatic N) is 5. The molecule has 1 aliphatic rings. The zero-order chi connectivity index (χ0) is 21.0. The SMILES string of the molecule is Clc1cccc(-c2cnc(CSc3nnc(CN4CCCC4)n3-c3ccccc3)o2)c1. The van der Waals surface area contributed by atoms with Crippen molar-refractivity contribution in [2.45, 2.75) is 30.3 Å². The molecule has 1 fully saturated rings. The molecule has 31 heavy (non-hydrogen) atoms. The van der Waals surface area contributed by atoms with Crippen molar-refractivity contribution in [3.8, 4) is 17.0 Å². The molecule has 0 bridgehead atoms. The summed E-state index contributed by atoms with van der Waals surface area (Å²) in [4.78, 5) is 6.87. The summed E-state index contributed by atoms with van der Waals surface area (Å²) in [6.07, 6.45) is 4.24. The number of halogens is 1. The number of rotatable bonds is 7. The van der Waals surface area contributed by atoms with Gasteiger partial charge < -0.3 is 4.42 Å². The Morgan fingerprint density at radius 1 is 1.00 bits per heavy atom. The van der Waals surface area contributed by atoms with Gasteiger partial charge in [-0.05, 0) is 50.2 Å². The standard InChI is InChI=1S/C23H22ClN5OS/c24-18-8-6-7-17(13-18)20-14-25-22(30-20)16-31-23-27-26-21(15-28-11-4-5-12-28)29(23)19-9-2-1-3-10-19/h1-3,6-10,13-14H,4-5,11-12,15-16H2. The van der Waals surface area contributed by atoms with Crippen LogP contribution in [0, 0.1) is 0 Å². The Kier molecular flexibility index (Phi) is 6.06. The van der Waals surface area contributed by atoms with E-state index in [4.69, 9.17) is 16.0 Å². The molecule has 0 N–H and O–H groups in total. The summed E-state index contributed by atoms with van der Waals surface area (Å²) in [6.45, 7) is 3.04. The van der Waals surface area contributed by atoms with Crippen LogP contribution < -0.4 is 0 Å². The van der Waals surface area contributed by atoms with Gasteiger partial charge in [-0.2, -0.15) is 0 Å². The van der Waals surface area contributed by atoms with Gasteiger partial charge in [-0.15, -0.1) is 10.2 Å². The van der Waals surface area contributed by atoms with E-state index >= 15 is 0 Å². The molecule has 0 atom stereocenters. The van der Waals surface area contributed by atoms with Crippen LogP contribution in [0.5, 0.6) is 0 Å². The van der Waals surface area contributed by atoms with Gasteiger partial charge in [0.1, 0.15) is 0 Å². The molecular weight excluding hydrogens is 430 g/mol. The maximum atomic E-state index is 6.09. The molecule has 2 aromatic heterocycles. The summed E-state index contributed by atoms with van der Waals surface area (Å²) in [5.74, 6) is 2.87. The number of hydrogen-bond acceptors (Lipinski definition) is 6. The van der Waals surface area contributed by atoms with Gasteiger partial charge in [0.15, 0.2) is 16.7 Å². The average molecular weight is 452 g/mol. The molecule has 6 nitrogen and oxygen atoms in total. The monoisotopic (exact) mass is 451 g/mol. The number of para-hydroxylation sites is 1. The Bertz CT molecular complexity index is 1150. The van der Waals surface area contributed by atoms with Gasteiger partial charge in [0.25, 0.3) is 0 Å². The van der Waals surface area contributed by atoms with Gasteiger partial charge in [0.2, 0.25) is 5.89 Å². The highest BCUT2D eigenvalue weighted by atomic mass is 35.5. The quantitative estimate of drug-likeness (QED) is 0.347. The van der Waals surface area contributed by atoms with Crippen molar-refractivity contribution in [1.29, 1.82) is 0 Å². The Morgan fingerprint density at radius 3 is 2.65 bits per heavy atom. The van der Waals surface area contributed by atoms with Gasteiger partial charge in [0, 0.05) is 16.3 Å². The Balaban J connectivity index is 1.36. The van der Waals surface area contributed by atoms with Crippen molar-refractivity contribution in [3.05, 3.63) is 77.5 Å². The number of likely N-dealkylation sites (tertiary alicyclic amines) is 1. The van der Waals surface area contributed by atoms with E-state index in [-0.39, 0.29) is 0 Å². The number of thioether (sulfide) groups is 1. The number of aromatic nitrogens is 4. The van der Waals surface area contributed by atoms with Crippen LogP contribution in [0.15, 0.2) is 70.4 Å². The van der Waals surface area contributed by atoms with E-state index in [1.54, 1.807) is 18.0 Å². The molecule has 1 aliphatic heterocycles. The van der Waals surface area contributed by atoms with Crippen LogP contribution in [-0.2, 0) is 12.3 Å². The molecule has 8 heteroatoms. The topological polar surface area (TPSA) is 60.0 Å².